The fourth-order valence-electron chi connectivity index (χ4n) is 3.98. The van der Waals surface area contributed by atoms with Crippen molar-refractivity contribution in [1.82, 2.24) is 10.2 Å². The largest absolute Gasteiger partial charge is 0.490 e. The normalized spacial score (nSPS) is 14.5. The van der Waals surface area contributed by atoms with Gasteiger partial charge in [0.05, 0.1) is 12.2 Å². The molecule has 0 atom stereocenters. The van der Waals surface area contributed by atoms with Crippen LogP contribution in [-0.4, -0.2) is 29.4 Å². The van der Waals surface area contributed by atoms with Gasteiger partial charge in [-0.05, 0) is 55.0 Å². The molecule has 1 aliphatic heterocycles. The standard InChI is InChI=1S/C23H20ClN3O4/c1-14-9-10-15-5-4-6-16(15)21(14)31-22-19(13-20(24)25-26-22)30-23(28)27-11-12-29-18-8-3-2-7-17(18)27/h2-3,7-10,13H,4-6,11-12H2,1H3. The minimum Gasteiger partial charge on any atom is -0.490 e. The Bertz CT molecular complexity index is 1170. The summed E-state index contributed by atoms with van der Waals surface area (Å²) in [6.07, 6.45) is 2.48. The highest BCUT2D eigenvalue weighted by molar-refractivity contribution is 6.29. The molecule has 0 bridgehead atoms. The number of halogens is 1. The van der Waals surface area contributed by atoms with Gasteiger partial charge in [-0.2, -0.15) is 0 Å². The molecule has 0 spiro atoms. The SMILES string of the molecule is Cc1ccc2c(c1Oc1nnc(Cl)cc1OC(=O)N1CCOc3ccccc31)CCC2. The van der Waals surface area contributed by atoms with E-state index in [2.05, 4.69) is 16.3 Å². The molecule has 1 amide bonds. The highest BCUT2D eigenvalue weighted by Crippen LogP contribution is 2.39. The van der Waals surface area contributed by atoms with Gasteiger partial charge >= 0.3 is 6.09 Å². The van der Waals surface area contributed by atoms with Gasteiger partial charge in [-0.3, -0.25) is 4.90 Å². The summed E-state index contributed by atoms with van der Waals surface area (Å²) in [6.45, 7) is 2.72. The third kappa shape index (κ3) is 3.77. The van der Waals surface area contributed by atoms with Crippen LogP contribution in [0.3, 0.4) is 0 Å². The van der Waals surface area contributed by atoms with Gasteiger partial charge in [0, 0.05) is 6.07 Å². The molecule has 0 saturated carbocycles. The lowest BCUT2D eigenvalue weighted by atomic mass is 10.1. The van der Waals surface area contributed by atoms with Gasteiger partial charge in [0.25, 0.3) is 5.88 Å². The van der Waals surface area contributed by atoms with Crippen LogP contribution in [0.4, 0.5) is 10.5 Å². The number of amides is 1. The van der Waals surface area contributed by atoms with Gasteiger partial charge in [0.2, 0.25) is 0 Å². The number of carbonyl (C=O) groups is 1. The van der Waals surface area contributed by atoms with Crippen molar-refractivity contribution >= 4 is 23.4 Å². The smallest absolute Gasteiger partial charge is 0.420 e. The van der Waals surface area contributed by atoms with E-state index in [1.54, 1.807) is 0 Å². The van der Waals surface area contributed by atoms with Crippen LogP contribution >= 0.6 is 11.6 Å². The van der Waals surface area contributed by atoms with E-state index in [9.17, 15) is 4.79 Å². The zero-order chi connectivity index (χ0) is 21.4. The molecule has 0 radical (unpaired) electrons. The van der Waals surface area contributed by atoms with Crippen LogP contribution in [0.1, 0.15) is 23.1 Å². The highest BCUT2D eigenvalue weighted by atomic mass is 35.5. The monoisotopic (exact) mass is 437 g/mol. The summed E-state index contributed by atoms with van der Waals surface area (Å²) in [7, 11) is 0. The van der Waals surface area contributed by atoms with Crippen molar-refractivity contribution in [1.29, 1.82) is 0 Å². The van der Waals surface area contributed by atoms with Crippen molar-refractivity contribution in [2.24, 2.45) is 0 Å². The maximum atomic E-state index is 13.0. The zero-order valence-electron chi connectivity index (χ0n) is 16.9. The molecule has 5 rings (SSSR count). The number of rotatable bonds is 3. The molecule has 0 unspecified atom stereocenters. The fraction of sp³-hybridized carbons (Fsp3) is 0.261. The molecule has 0 fully saturated rings. The lowest BCUT2D eigenvalue weighted by molar-refractivity contribution is 0.200. The first kappa shape index (κ1) is 19.6. The molecule has 1 aliphatic carbocycles. The molecule has 2 heterocycles. The number of carbonyl (C=O) groups excluding carboxylic acids is 1. The Morgan fingerprint density at radius 1 is 1.16 bits per heavy atom. The summed E-state index contributed by atoms with van der Waals surface area (Å²) in [4.78, 5) is 14.5. The van der Waals surface area contributed by atoms with Crippen LogP contribution in [-0.2, 0) is 12.8 Å². The molecule has 3 aromatic rings. The molecule has 7 nitrogen and oxygen atoms in total. The summed E-state index contributed by atoms with van der Waals surface area (Å²) in [5.74, 6) is 1.58. The first-order valence-electron chi connectivity index (χ1n) is 10.1. The number of aryl methyl sites for hydroxylation is 2. The molecule has 1 aromatic heterocycles. The predicted molar refractivity (Wildman–Crippen MR) is 116 cm³/mol. The lowest BCUT2D eigenvalue weighted by Gasteiger charge is -2.28. The summed E-state index contributed by atoms with van der Waals surface area (Å²) in [6, 6.07) is 12.9. The second-order valence-corrected chi connectivity index (χ2v) is 7.86. The van der Waals surface area contributed by atoms with Crippen molar-refractivity contribution in [3.8, 4) is 23.1 Å². The number of ether oxygens (including phenoxy) is 3. The molecule has 8 heteroatoms. The van der Waals surface area contributed by atoms with Crippen molar-refractivity contribution in [2.45, 2.75) is 26.2 Å². The van der Waals surface area contributed by atoms with Gasteiger partial charge in [-0.15, -0.1) is 10.2 Å². The molecule has 31 heavy (non-hydrogen) atoms. The number of nitrogens with zero attached hydrogens (tertiary/aromatic N) is 3. The maximum Gasteiger partial charge on any atom is 0.420 e. The Balaban J connectivity index is 1.45. The number of hydrogen-bond donors (Lipinski definition) is 0. The first-order valence-corrected chi connectivity index (χ1v) is 10.5. The van der Waals surface area contributed by atoms with E-state index in [0.717, 1.165) is 36.1 Å². The number of fused-ring (bicyclic) bond motifs is 2. The molecular weight excluding hydrogens is 418 g/mol. The van der Waals surface area contributed by atoms with E-state index < -0.39 is 6.09 Å². The van der Waals surface area contributed by atoms with E-state index in [1.807, 2.05) is 37.3 Å². The van der Waals surface area contributed by atoms with Gasteiger partial charge in [0.15, 0.2) is 10.9 Å². The molecular formula is C23H20ClN3O4. The van der Waals surface area contributed by atoms with Crippen LogP contribution in [0, 0.1) is 6.92 Å². The number of anilines is 1. The van der Waals surface area contributed by atoms with E-state index in [1.165, 1.54) is 16.5 Å². The second-order valence-electron chi connectivity index (χ2n) is 7.48. The summed E-state index contributed by atoms with van der Waals surface area (Å²) in [5.41, 5.74) is 4.06. The summed E-state index contributed by atoms with van der Waals surface area (Å²) < 4.78 is 17.4. The van der Waals surface area contributed by atoms with E-state index in [4.69, 9.17) is 25.8 Å². The summed E-state index contributed by atoms with van der Waals surface area (Å²) >= 11 is 6.04. The zero-order valence-corrected chi connectivity index (χ0v) is 17.7. The number of benzene rings is 2. The van der Waals surface area contributed by atoms with Crippen molar-refractivity contribution in [2.75, 3.05) is 18.1 Å². The van der Waals surface area contributed by atoms with Crippen LogP contribution in [0.25, 0.3) is 0 Å². The first-order chi connectivity index (χ1) is 15.1. The van der Waals surface area contributed by atoms with Gasteiger partial charge in [-0.25, -0.2) is 4.79 Å². The van der Waals surface area contributed by atoms with Gasteiger partial charge < -0.3 is 14.2 Å². The highest BCUT2D eigenvalue weighted by Gasteiger charge is 2.27. The van der Waals surface area contributed by atoms with Crippen LogP contribution in [0.15, 0.2) is 42.5 Å². The minimum absolute atomic E-state index is 0.0997. The fourth-order valence-corrected chi connectivity index (χ4v) is 4.12. The van der Waals surface area contributed by atoms with Gasteiger partial charge in [0.1, 0.15) is 18.1 Å². The molecule has 158 valence electrons. The third-order valence-corrected chi connectivity index (χ3v) is 5.65. The average molecular weight is 438 g/mol. The number of para-hydroxylation sites is 2. The Morgan fingerprint density at radius 3 is 2.94 bits per heavy atom. The van der Waals surface area contributed by atoms with E-state index >= 15 is 0 Å². The lowest BCUT2D eigenvalue weighted by Crippen LogP contribution is -2.39. The van der Waals surface area contributed by atoms with Crippen LogP contribution < -0.4 is 19.1 Å². The third-order valence-electron chi connectivity index (χ3n) is 5.47. The minimum atomic E-state index is -0.570. The molecule has 2 aliphatic rings. The second kappa shape index (κ2) is 8.07. The van der Waals surface area contributed by atoms with Crippen molar-refractivity contribution in [3.63, 3.8) is 0 Å². The van der Waals surface area contributed by atoms with Crippen LogP contribution in [0.2, 0.25) is 5.15 Å². The van der Waals surface area contributed by atoms with Gasteiger partial charge in [-0.1, -0.05) is 35.9 Å². The maximum absolute atomic E-state index is 13.0. The Kier molecular flexibility index (Phi) is 5.11. The molecule has 0 N–H and O–H groups in total. The number of aromatic nitrogens is 2. The Hall–Kier alpha value is -3.32. The topological polar surface area (TPSA) is 73.8 Å². The Morgan fingerprint density at radius 2 is 2.03 bits per heavy atom. The van der Waals surface area contributed by atoms with E-state index in [-0.39, 0.29) is 16.8 Å². The van der Waals surface area contributed by atoms with E-state index in [0.29, 0.717) is 24.6 Å². The molecule has 2 aromatic carbocycles. The quantitative estimate of drug-likeness (QED) is 0.566. The van der Waals surface area contributed by atoms with Crippen molar-refractivity contribution < 1.29 is 19.0 Å². The molecule has 0 saturated heterocycles. The Labute approximate surface area is 184 Å². The number of hydrogen-bond acceptors (Lipinski definition) is 6. The van der Waals surface area contributed by atoms with Crippen molar-refractivity contribution in [3.05, 3.63) is 64.3 Å². The predicted octanol–water partition coefficient (Wildman–Crippen LogP) is 5.12. The average Bonchev–Trinajstić information content (AvgIpc) is 3.26. The van der Waals surface area contributed by atoms with Crippen LogP contribution in [0.5, 0.6) is 23.1 Å². The summed E-state index contributed by atoms with van der Waals surface area (Å²) in [5, 5.41) is 8.04.